The first-order valence-corrected chi connectivity index (χ1v) is 7.80. The Hall–Kier alpha value is -2.33. The van der Waals surface area contributed by atoms with Crippen molar-refractivity contribution in [3.05, 3.63) is 65.0 Å². The topological polar surface area (TPSA) is 48.2 Å². The van der Waals surface area contributed by atoms with Crippen LogP contribution in [0.2, 0.25) is 5.02 Å². The van der Waals surface area contributed by atoms with Crippen LogP contribution in [0.15, 0.2) is 52.9 Å². The second-order valence-corrected chi connectivity index (χ2v) is 5.96. The lowest BCUT2D eigenvalue weighted by atomic mass is 10.0. The molecule has 4 nitrogen and oxygen atoms in total. The van der Waals surface area contributed by atoms with E-state index in [4.69, 9.17) is 20.8 Å². The molecule has 0 amide bonds. The number of hydrogen-bond acceptors (Lipinski definition) is 4. The third-order valence-electron chi connectivity index (χ3n) is 3.47. The molecule has 0 fully saturated rings. The van der Waals surface area contributed by atoms with E-state index in [1.165, 1.54) is 5.56 Å². The molecule has 0 atom stereocenters. The van der Waals surface area contributed by atoms with Crippen molar-refractivity contribution < 1.29 is 9.15 Å². The summed E-state index contributed by atoms with van der Waals surface area (Å²) in [5.74, 6) is 2.17. The highest BCUT2D eigenvalue weighted by molar-refractivity contribution is 6.30. The SMILES string of the molecule is CC(C)c1ccc(OCc2nnc(-c3ccc(Cl)cc3)o2)cc1. The van der Waals surface area contributed by atoms with Crippen LogP contribution in [0.25, 0.3) is 11.5 Å². The molecular formula is C18H17ClN2O2. The summed E-state index contributed by atoms with van der Waals surface area (Å²) < 4.78 is 11.3. The van der Waals surface area contributed by atoms with Gasteiger partial charge in [0.2, 0.25) is 5.89 Å². The Balaban J connectivity index is 1.64. The molecule has 0 bridgehead atoms. The number of halogens is 1. The number of hydrogen-bond donors (Lipinski definition) is 0. The van der Waals surface area contributed by atoms with Crippen molar-refractivity contribution in [1.82, 2.24) is 10.2 Å². The average Bonchev–Trinajstić information content (AvgIpc) is 3.03. The normalized spacial score (nSPS) is 11.0. The lowest BCUT2D eigenvalue weighted by Gasteiger charge is -2.07. The van der Waals surface area contributed by atoms with Gasteiger partial charge in [0, 0.05) is 10.6 Å². The summed E-state index contributed by atoms with van der Waals surface area (Å²) in [6.45, 7) is 4.56. The minimum absolute atomic E-state index is 0.238. The molecule has 3 aromatic rings. The second kappa shape index (κ2) is 6.84. The highest BCUT2D eigenvalue weighted by atomic mass is 35.5. The summed E-state index contributed by atoms with van der Waals surface area (Å²) in [7, 11) is 0. The summed E-state index contributed by atoms with van der Waals surface area (Å²) in [6.07, 6.45) is 0. The van der Waals surface area contributed by atoms with Crippen LogP contribution in [0.4, 0.5) is 0 Å². The van der Waals surface area contributed by atoms with Gasteiger partial charge in [0.05, 0.1) is 0 Å². The zero-order chi connectivity index (χ0) is 16.2. The molecule has 118 valence electrons. The van der Waals surface area contributed by atoms with E-state index in [1.54, 1.807) is 12.1 Å². The third-order valence-corrected chi connectivity index (χ3v) is 3.72. The van der Waals surface area contributed by atoms with Gasteiger partial charge in [-0.3, -0.25) is 0 Å². The van der Waals surface area contributed by atoms with E-state index in [-0.39, 0.29) is 6.61 Å². The Labute approximate surface area is 140 Å². The predicted octanol–water partition coefficient (Wildman–Crippen LogP) is 5.09. The van der Waals surface area contributed by atoms with E-state index in [0.717, 1.165) is 11.3 Å². The van der Waals surface area contributed by atoms with Crippen LogP contribution < -0.4 is 4.74 Å². The minimum atomic E-state index is 0.238. The Kier molecular flexibility index (Phi) is 4.63. The standard InChI is InChI=1S/C18H17ClN2O2/c1-12(2)13-5-9-16(10-6-13)22-11-17-20-21-18(23-17)14-3-7-15(19)8-4-14/h3-10,12H,11H2,1-2H3. The fourth-order valence-corrected chi connectivity index (χ4v) is 2.24. The lowest BCUT2D eigenvalue weighted by molar-refractivity contribution is 0.264. The largest absolute Gasteiger partial charge is 0.484 e. The molecule has 0 N–H and O–H groups in total. The molecule has 1 heterocycles. The van der Waals surface area contributed by atoms with Gasteiger partial charge in [-0.05, 0) is 47.9 Å². The highest BCUT2D eigenvalue weighted by Gasteiger charge is 2.09. The summed E-state index contributed by atoms with van der Waals surface area (Å²) >= 11 is 5.87. The van der Waals surface area contributed by atoms with Crippen LogP contribution in [-0.2, 0) is 6.61 Å². The molecule has 0 aliphatic rings. The van der Waals surface area contributed by atoms with Gasteiger partial charge in [-0.2, -0.15) is 0 Å². The Bertz CT molecular complexity index is 764. The quantitative estimate of drug-likeness (QED) is 0.654. The molecule has 0 saturated carbocycles. The summed E-state index contributed by atoms with van der Waals surface area (Å²) in [4.78, 5) is 0. The second-order valence-electron chi connectivity index (χ2n) is 5.52. The van der Waals surface area contributed by atoms with E-state index >= 15 is 0 Å². The van der Waals surface area contributed by atoms with E-state index in [0.29, 0.717) is 22.7 Å². The molecule has 2 aromatic carbocycles. The molecule has 3 rings (SSSR count). The molecule has 0 radical (unpaired) electrons. The minimum Gasteiger partial charge on any atom is -0.484 e. The fourth-order valence-electron chi connectivity index (χ4n) is 2.12. The van der Waals surface area contributed by atoms with Crippen LogP contribution in [0.1, 0.15) is 31.2 Å². The van der Waals surface area contributed by atoms with E-state index in [1.807, 2.05) is 24.3 Å². The third kappa shape index (κ3) is 3.90. The summed E-state index contributed by atoms with van der Waals surface area (Å²) in [5, 5.41) is 8.70. The maximum absolute atomic E-state index is 5.87. The maximum Gasteiger partial charge on any atom is 0.254 e. The first kappa shape index (κ1) is 15.6. The molecule has 1 aromatic heterocycles. The van der Waals surface area contributed by atoms with Gasteiger partial charge in [0.25, 0.3) is 5.89 Å². The number of ether oxygens (including phenoxy) is 1. The van der Waals surface area contributed by atoms with Gasteiger partial charge >= 0.3 is 0 Å². The maximum atomic E-state index is 5.87. The first-order valence-electron chi connectivity index (χ1n) is 7.43. The van der Waals surface area contributed by atoms with Crippen LogP contribution in [0, 0.1) is 0 Å². The fraction of sp³-hybridized carbons (Fsp3) is 0.222. The zero-order valence-corrected chi connectivity index (χ0v) is 13.7. The number of aromatic nitrogens is 2. The molecule has 0 aliphatic heterocycles. The smallest absolute Gasteiger partial charge is 0.254 e. The molecule has 0 spiro atoms. The van der Waals surface area contributed by atoms with Gasteiger partial charge < -0.3 is 9.15 Å². The Morgan fingerprint density at radius 3 is 2.35 bits per heavy atom. The van der Waals surface area contributed by atoms with Crippen LogP contribution in [0.5, 0.6) is 5.75 Å². The summed E-state index contributed by atoms with van der Waals surface area (Å²) in [6, 6.07) is 15.3. The van der Waals surface area contributed by atoms with Crippen LogP contribution in [-0.4, -0.2) is 10.2 Å². The Morgan fingerprint density at radius 1 is 1.00 bits per heavy atom. The van der Waals surface area contributed by atoms with Crippen molar-refractivity contribution in [2.24, 2.45) is 0 Å². The van der Waals surface area contributed by atoms with Crippen molar-refractivity contribution in [2.75, 3.05) is 0 Å². The molecule has 0 saturated heterocycles. The summed E-state index contributed by atoms with van der Waals surface area (Å²) in [5.41, 5.74) is 2.11. The van der Waals surface area contributed by atoms with Gasteiger partial charge in [-0.1, -0.05) is 37.6 Å². The molecular weight excluding hydrogens is 312 g/mol. The molecule has 23 heavy (non-hydrogen) atoms. The van der Waals surface area contributed by atoms with E-state index in [2.05, 4.69) is 36.2 Å². The monoisotopic (exact) mass is 328 g/mol. The van der Waals surface area contributed by atoms with Crippen LogP contribution >= 0.6 is 11.6 Å². The van der Waals surface area contributed by atoms with Crippen molar-refractivity contribution >= 4 is 11.6 Å². The number of rotatable bonds is 5. The molecule has 0 aliphatic carbocycles. The van der Waals surface area contributed by atoms with Crippen molar-refractivity contribution in [3.8, 4) is 17.2 Å². The van der Waals surface area contributed by atoms with Gasteiger partial charge in [0.15, 0.2) is 6.61 Å². The highest BCUT2D eigenvalue weighted by Crippen LogP contribution is 2.22. The van der Waals surface area contributed by atoms with Gasteiger partial charge in [0.1, 0.15) is 5.75 Å². The lowest BCUT2D eigenvalue weighted by Crippen LogP contribution is -1.96. The predicted molar refractivity (Wildman–Crippen MR) is 89.6 cm³/mol. The van der Waals surface area contributed by atoms with E-state index in [9.17, 15) is 0 Å². The first-order chi connectivity index (χ1) is 11.1. The van der Waals surface area contributed by atoms with E-state index < -0.39 is 0 Å². The zero-order valence-electron chi connectivity index (χ0n) is 13.0. The van der Waals surface area contributed by atoms with Gasteiger partial charge in [-0.25, -0.2) is 0 Å². The average molecular weight is 329 g/mol. The Morgan fingerprint density at radius 2 is 1.70 bits per heavy atom. The molecule has 0 unspecified atom stereocenters. The van der Waals surface area contributed by atoms with Crippen molar-refractivity contribution in [1.29, 1.82) is 0 Å². The number of nitrogens with zero attached hydrogens (tertiary/aromatic N) is 2. The number of benzene rings is 2. The van der Waals surface area contributed by atoms with Crippen molar-refractivity contribution in [3.63, 3.8) is 0 Å². The van der Waals surface area contributed by atoms with Crippen LogP contribution in [0.3, 0.4) is 0 Å². The van der Waals surface area contributed by atoms with Crippen molar-refractivity contribution in [2.45, 2.75) is 26.4 Å². The van der Waals surface area contributed by atoms with Gasteiger partial charge in [-0.15, -0.1) is 10.2 Å². The molecule has 5 heteroatoms.